The van der Waals surface area contributed by atoms with Crippen LogP contribution in [0.2, 0.25) is 0 Å². The van der Waals surface area contributed by atoms with Crippen LogP contribution in [0.15, 0.2) is 42.6 Å². The van der Waals surface area contributed by atoms with E-state index in [1.54, 1.807) is 37.4 Å². The van der Waals surface area contributed by atoms with E-state index >= 15 is 0 Å². The molecule has 0 atom stereocenters. The van der Waals surface area contributed by atoms with E-state index in [0.29, 0.717) is 17.0 Å². The van der Waals surface area contributed by atoms with E-state index in [0.717, 1.165) is 0 Å². The summed E-state index contributed by atoms with van der Waals surface area (Å²) in [5.41, 5.74) is 1.30. The number of carbonyl (C=O) groups excluding carboxylic acids is 1. The average Bonchev–Trinajstić information content (AvgIpc) is 2.47. The van der Waals surface area contributed by atoms with E-state index in [-0.39, 0.29) is 11.6 Å². The van der Waals surface area contributed by atoms with Gasteiger partial charge in [0.25, 0.3) is 5.91 Å². The summed E-state index contributed by atoms with van der Waals surface area (Å²) in [6.07, 6.45) is 1.37. The lowest BCUT2D eigenvalue weighted by Gasteiger charge is -2.06. The van der Waals surface area contributed by atoms with Crippen LogP contribution in [0.1, 0.15) is 16.1 Å². The topological polar surface area (TPSA) is 75.0 Å². The van der Waals surface area contributed by atoms with E-state index in [9.17, 15) is 4.79 Å². The van der Waals surface area contributed by atoms with Crippen LogP contribution in [0, 0.1) is 11.3 Å². The number of hydrogen-bond donors (Lipinski definition) is 1. The molecule has 0 aliphatic carbocycles. The van der Waals surface area contributed by atoms with Crippen LogP contribution in [0.25, 0.3) is 0 Å². The number of hydrogen-bond acceptors (Lipinski definition) is 4. The fourth-order valence-corrected chi connectivity index (χ4v) is 1.50. The van der Waals surface area contributed by atoms with Crippen molar-refractivity contribution in [1.82, 2.24) is 4.98 Å². The Labute approximate surface area is 110 Å². The molecule has 2 rings (SSSR count). The second-order valence-corrected chi connectivity index (χ2v) is 3.73. The molecule has 1 heterocycles. The predicted molar refractivity (Wildman–Crippen MR) is 69.9 cm³/mol. The molecule has 0 aliphatic heterocycles. The largest absolute Gasteiger partial charge is 0.497 e. The van der Waals surface area contributed by atoms with Gasteiger partial charge in [0, 0.05) is 18.0 Å². The number of aromatic nitrogens is 1. The fourth-order valence-electron chi connectivity index (χ4n) is 1.50. The molecule has 0 unspecified atom stereocenters. The zero-order chi connectivity index (χ0) is 13.7. The van der Waals surface area contributed by atoms with Crippen LogP contribution in [0.3, 0.4) is 0 Å². The van der Waals surface area contributed by atoms with E-state index in [2.05, 4.69) is 10.3 Å². The summed E-state index contributed by atoms with van der Waals surface area (Å²) >= 11 is 0. The summed E-state index contributed by atoms with van der Waals surface area (Å²) < 4.78 is 5.07. The van der Waals surface area contributed by atoms with Gasteiger partial charge in [0.2, 0.25) is 0 Å². The van der Waals surface area contributed by atoms with Gasteiger partial charge in [-0.15, -0.1) is 0 Å². The normalized spacial score (nSPS) is 9.47. The molecule has 0 spiro atoms. The summed E-state index contributed by atoms with van der Waals surface area (Å²) in [7, 11) is 1.56. The van der Waals surface area contributed by atoms with Crippen LogP contribution in [-0.4, -0.2) is 18.0 Å². The van der Waals surface area contributed by atoms with Crippen LogP contribution >= 0.6 is 0 Å². The molecule has 1 aromatic carbocycles. The Balaban J connectivity index is 2.13. The van der Waals surface area contributed by atoms with Gasteiger partial charge in [-0.1, -0.05) is 6.07 Å². The highest BCUT2D eigenvalue weighted by Gasteiger charge is 2.07. The Morgan fingerprint density at radius 2 is 2.21 bits per heavy atom. The maximum absolute atomic E-state index is 11.9. The third-order valence-corrected chi connectivity index (χ3v) is 2.47. The molecule has 0 saturated heterocycles. The maximum atomic E-state index is 11.9. The number of amides is 1. The Bertz CT molecular complexity index is 630. The van der Waals surface area contributed by atoms with Gasteiger partial charge in [-0.2, -0.15) is 5.26 Å². The monoisotopic (exact) mass is 253 g/mol. The summed E-state index contributed by atoms with van der Waals surface area (Å²) in [5, 5.41) is 11.4. The molecule has 5 nitrogen and oxygen atoms in total. The fraction of sp³-hybridized carbons (Fsp3) is 0.0714. The minimum atomic E-state index is -0.287. The molecule has 0 aliphatic rings. The van der Waals surface area contributed by atoms with Gasteiger partial charge in [0.05, 0.1) is 12.7 Å². The number of ether oxygens (including phenoxy) is 1. The number of nitriles is 1. The number of nitrogens with one attached hydrogen (secondary N) is 1. The van der Waals surface area contributed by atoms with Crippen LogP contribution < -0.4 is 10.1 Å². The average molecular weight is 253 g/mol. The molecule has 94 valence electrons. The van der Waals surface area contributed by atoms with E-state index < -0.39 is 0 Å². The molecule has 0 radical (unpaired) electrons. The first-order chi connectivity index (χ1) is 9.22. The molecule has 0 fully saturated rings. The van der Waals surface area contributed by atoms with Crippen molar-refractivity contribution in [1.29, 1.82) is 5.26 Å². The lowest BCUT2D eigenvalue weighted by atomic mass is 10.2. The molecule has 0 saturated carbocycles. The first kappa shape index (κ1) is 12.6. The zero-order valence-electron chi connectivity index (χ0n) is 10.3. The van der Waals surface area contributed by atoms with Gasteiger partial charge in [-0.25, -0.2) is 4.98 Å². The van der Waals surface area contributed by atoms with Crippen molar-refractivity contribution in [3.63, 3.8) is 0 Å². The SMILES string of the molecule is COc1cccc(NC(=O)c2ccc(C#N)nc2)c1. The molecular formula is C14H11N3O2. The predicted octanol–water partition coefficient (Wildman–Crippen LogP) is 2.21. The number of nitrogens with zero attached hydrogens (tertiary/aromatic N) is 2. The van der Waals surface area contributed by atoms with Crippen LogP contribution in [0.4, 0.5) is 5.69 Å². The van der Waals surface area contributed by atoms with Crippen molar-refractivity contribution in [2.75, 3.05) is 12.4 Å². The standard InChI is InChI=1S/C14H11N3O2/c1-19-13-4-2-3-11(7-13)17-14(18)10-5-6-12(8-15)16-9-10/h2-7,9H,1H3,(H,17,18). The lowest BCUT2D eigenvalue weighted by molar-refractivity contribution is 0.102. The number of benzene rings is 1. The minimum absolute atomic E-state index is 0.276. The summed E-state index contributed by atoms with van der Waals surface area (Å²) in [6.45, 7) is 0. The summed E-state index contributed by atoms with van der Waals surface area (Å²) in [6, 6.07) is 12.0. The van der Waals surface area contributed by atoms with Crippen molar-refractivity contribution in [3.05, 3.63) is 53.9 Å². The number of rotatable bonds is 3. The molecule has 19 heavy (non-hydrogen) atoms. The zero-order valence-corrected chi connectivity index (χ0v) is 10.3. The highest BCUT2D eigenvalue weighted by molar-refractivity contribution is 6.04. The summed E-state index contributed by atoms with van der Waals surface area (Å²) in [4.78, 5) is 15.8. The van der Waals surface area contributed by atoms with Crippen LogP contribution in [-0.2, 0) is 0 Å². The van der Waals surface area contributed by atoms with E-state index in [1.165, 1.54) is 12.3 Å². The highest BCUT2D eigenvalue weighted by Crippen LogP contribution is 2.17. The molecule has 5 heteroatoms. The van der Waals surface area contributed by atoms with Crippen LogP contribution in [0.5, 0.6) is 5.75 Å². The Morgan fingerprint density at radius 3 is 2.84 bits per heavy atom. The number of carbonyl (C=O) groups is 1. The smallest absolute Gasteiger partial charge is 0.257 e. The van der Waals surface area contributed by atoms with Crippen molar-refractivity contribution in [2.24, 2.45) is 0 Å². The second kappa shape index (κ2) is 5.65. The Hall–Kier alpha value is -2.87. The maximum Gasteiger partial charge on any atom is 0.257 e. The molecule has 1 aromatic heterocycles. The first-order valence-corrected chi connectivity index (χ1v) is 5.54. The molecule has 0 bridgehead atoms. The van der Waals surface area contributed by atoms with Gasteiger partial charge in [-0.05, 0) is 24.3 Å². The first-order valence-electron chi connectivity index (χ1n) is 5.54. The number of pyridine rings is 1. The van der Waals surface area contributed by atoms with E-state index in [4.69, 9.17) is 10.00 Å². The number of anilines is 1. The lowest BCUT2D eigenvalue weighted by Crippen LogP contribution is -2.12. The molecule has 1 amide bonds. The van der Waals surface area contributed by atoms with Crippen molar-refractivity contribution in [2.45, 2.75) is 0 Å². The van der Waals surface area contributed by atoms with E-state index in [1.807, 2.05) is 6.07 Å². The third-order valence-electron chi connectivity index (χ3n) is 2.47. The van der Waals surface area contributed by atoms with Gasteiger partial charge >= 0.3 is 0 Å². The van der Waals surface area contributed by atoms with Crippen molar-refractivity contribution in [3.8, 4) is 11.8 Å². The molecule has 2 aromatic rings. The van der Waals surface area contributed by atoms with Gasteiger partial charge in [0.1, 0.15) is 17.5 Å². The minimum Gasteiger partial charge on any atom is -0.497 e. The Morgan fingerprint density at radius 1 is 1.37 bits per heavy atom. The van der Waals surface area contributed by atoms with Gasteiger partial charge in [0.15, 0.2) is 0 Å². The number of methoxy groups -OCH3 is 1. The Kier molecular flexibility index (Phi) is 3.74. The van der Waals surface area contributed by atoms with Crippen molar-refractivity contribution < 1.29 is 9.53 Å². The quantitative estimate of drug-likeness (QED) is 0.910. The second-order valence-electron chi connectivity index (χ2n) is 3.73. The summed E-state index contributed by atoms with van der Waals surface area (Å²) in [5.74, 6) is 0.376. The van der Waals surface area contributed by atoms with Gasteiger partial charge in [-0.3, -0.25) is 4.79 Å². The highest BCUT2D eigenvalue weighted by atomic mass is 16.5. The molecule has 1 N–H and O–H groups in total. The van der Waals surface area contributed by atoms with Crippen molar-refractivity contribution >= 4 is 11.6 Å². The third kappa shape index (κ3) is 3.07. The van der Waals surface area contributed by atoms with Gasteiger partial charge < -0.3 is 10.1 Å². The molecular weight excluding hydrogens is 242 g/mol.